The normalized spacial score (nSPS) is 17.0. The van der Waals surface area contributed by atoms with Gasteiger partial charge in [0.15, 0.2) is 4.77 Å². The number of alkyl halides is 1. The number of aromatic amines is 1. The monoisotopic (exact) mass is 338 g/mol. The summed E-state index contributed by atoms with van der Waals surface area (Å²) in [6.07, 6.45) is -0.000591. The predicted octanol–water partition coefficient (Wildman–Crippen LogP) is 2.73. The van der Waals surface area contributed by atoms with Crippen molar-refractivity contribution in [3.8, 4) is 17.0 Å². The molecule has 1 aromatic heterocycles. The Kier molecular flexibility index (Phi) is 3.28. The number of nitrogens with one attached hydrogen (secondary N) is 1. The molecule has 0 bridgehead atoms. The first-order chi connectivity index (χ1) is 9.20. The van der Waals surface area contributed by atoms with E-state index in [1.807, 2.05) is 34.9 Å². The number of hydrogen-bond donors (Lipinski definition) is 1. The van der Waals surface area contributed by atoms with Crippen LogP contribution in [0, 0.1) is 4.77 Å². The quantitative estimate of drug-likeness (QED) is 0.676. The molecule has 4 nitrogen and oxygen atoms in total. The number of H-pyrrole nitrogens is 1. The third-order valence-electron chi connectivity index (χ3n) is 3.05. The van der Waals surface area contributed by atoms with Gasteiger partial charge in [-0.25, -0.2) is 0 Å². The maximum atomic E-state index is 12.2. The second-order valence-corrected chi connectivity index (χ2v) is 5.34. The zero-order valence-corrected chi connectivity index (χ0v) is 12.3. The lowest BCUT2D eigenvalue weighted by Gasteiger charge is -2.08. The Balaban J connectivity index is 2.26. The van der Waals surface area contributed by atoms with E-state index >= 15 is 0 Å². The van der Waals surface area contributed by atoms with Gasteiger partial charge < -0.3 is 4.74 Å². The predicted molar refractivity (Wildman–Crippen MR) is 79.5 cm³/mol. The summed E-state index contributed by atoms with van der Waals surface area (Å²) in [6, 6.07) is 9.47. The van der Waals surface area contributed by atoms with Crippen molar-refractivity contribution in [1.29, 1.82) is 0 Å². The molecule has 0 saturated heterocycles. The molecule has 19 heavy (non-hydrogen) atoms. The summed E-state index contributed by atoms with van der Waals surface area (Å²) in [5.74, 6) is 0.560. The molecule has 1 N–H and O–H groups in total. The molecular weight excluding hydrogens is 328 g/mol. The van der Waals surface area contributed by atoms with E-state index in [1.54, 1.807) is 0 Å². The molecule has 0 unspecified atom stereocenters. The molecule has 0 fully saturated rings. The average Bonchev–Trinajstić information content (AvgIpc) is 2.84. The van der Waals surface area contributed by atoms with Crippen molar-refractivity contribution in [2.75, 3.05) is 5.33 Å². The third kappa shape index (κ3) is 2.15. The number of fused-ring (bicyclic) bond motifs is 1. The molecule has 0 spiro atoms. The molecule has 2 aromatic rings. The van der Waals surface area contributed by atoms with Gasteiger partial charge >= 0.3 is 0 Å². The standard InChI is InChI=1S/C13H11BrN2O2S/c14-6-9-7-16-12(18-9)10(11(17)15-13(16)19)8-4-2-1-3-5-8/h1-5,9H,6-7H2,(H,15,17,19)/t9-/m1/s1. The molecule has 1 aliphatic heterocycles. The highest BCUT2D eigenvalue weighted by atomic mass is 79.9. The zero-order valence-electron chi connectivity index (χ0n) is 9.93. The highest BCUT2D eigenvalue weighted by Gasteiger charge is 2.27. The molecule has 2 heterocycles. The van der Waals surface area contributed by atoms with E-state index in [1.165, 1.54) is 0 Å². The Hall–Kier alpha value is -1.40. The third-order valence-corrected chi connectivity index (χ3v) is 4.10. The van der Waals surface area contributed by atoms with Crippen molar-refractivity contribution in [3.05, 3.63) is 45.5 Å². The lowest BCUT2D eigenvalue weighted by Crippen LogP contribution is -2.15. The Labute approximate surface area is 123 Å². The van der Waals surface area contributed by atoms with Crippen molar-refractivity contribution >= 4 is 28.1 Å². The minimum atomic E-state index is -0.210. The minimum Gasteiger partial charge on any atom is -0.472 e. The van der Waals surface area contributed by atoms with Gasteiger partial charge in [-0.2, -0.15) is 0 Å². The highest BCUT2D eigenvalue weighted by molar-refractivity contribution is 9.09. The summed E-state index contributed by atoms with van der Waals surface area (Å²) >= 11 is 8.59. The fraction of sp³-hybridized carbons (Fsp3) is 0.231. The van der Waals surface area contributed by atoms with Gasteiger partial charge in [-0.3, -0.25) is 14.3 Å². The number of aromatic nitrogens is 2. The van der Waals surface area contributed by atoms with Gasteiger partial charge in [0.2, 0.25) is 5.88 Å². The Morgan fingerprint density at radius 1 is 1.42 bits per heavy atom. The van der Waals surface area contributed by atoms with E-state index in [-0.39, 0.29) is 11.7 Å². The summed E-state index contributed by atoms with van der Waals surface area (Å²) in [5.41, 5.74) is 1.16. The van der Waals surface area contributed by atoms with Gasteiger partial charge in [0.25, 0.3) is 5.56 Å². The van der Waals surface area contributed by atoms with Crippen LogP contribution in [0.5, 0.6) is 5.88 Å². The molecular formula is C13H11BrN2O2S. The molecule has 0 saturated carbocycles. The molecule has 1 atom stereocenters. The second-order valence-electron chi connectivity index (χ2n) is 4.31. The smallest absolute Gasteiger partial charge is 0.263 e. The van der Waals surface area contributed by atoms with Gasteiger partial charge in [0.05, 0.1) is 6.54 Å². The molecule has 0 radical (unpaired) electrons. The SMILES string of the molecule is O=c1[nH]c(=S)n2c(c1-c1ccccc1)O[C@H](CBr)C2. The first-order valence-corrected chi connectivity index (χ1v) is 7.39. The molecule has 0 aliphatic carbocycles. The van der Waals surface area contributed by atoms with E-state index in [0.717, 1.165) is 5.56 Å². The van der Waals surface area contributed by atoms with Gasteiger partial charge in [0.1, 0.15) is 11.7 Å². The number of halogens is 1. The van der Waals surface area contributed by atoms with E-state index in [2.05, 4.69) is 20.9 Å². The maximum absolute atomic E-state index is 12.2. The summed E-state index contributed by atoms with van der Waals surface area (Å²) in [6.45, 7) is 0.649. The second kappa shape index (κ2) is 4.94. The first kappa shape index (κ1) is 12.6. The van der Waals surface area contributed by atoms with Crippen LogP contribution in [-0.2, 0) is 6.54 Å². The van der Waals surface area contributed by atoms with Crippen molar-refractivity contribution in [2.45, 2.75) is 12.6 Å². The molecule has 3 rings (SSSR count). The number of hydrogen-bond acceptors (Lipinski definition) is 3. The van der Waals surface area contributed by atoms with Crippen LogP contribution in [0.1, 0.15) is 0 Å². The first-order valence-electron chi connectivity index (χ1n) is 5.86. The van der Waals surface area contributed by atoms with Gasteiger partial charge in [-0.05, 0) is 17.8 Å². The number of benzene rings is 1. The fourth-order valence-corrected chi connectivity index (χ4v) is 2.77. The average molecular weight is 339 g/mol. The lowest BCUT2D eigenvalue weighted by atomic mass is 10.1. The van der Waals surface area contributed by atoms with Gasteiger partial charge in [-0.15, -0.1) is 0 Å². The summed E-state index contributed by atoms with van der Waals surface area (Å²) in [7, 11) is 0. The topological polar surface area (TPSA) is 47.0 Å². The summed E-state index contributed by atoms with van der Waals surface area (Å²) in [5, 5.41) is 0.700. The van der Waals surface area contributed by atoms with Crippen LogP contribution < -0.4 is 10.3 Å². The van der Waals surface area contributed by atoms with Crippen LogP contribution in [-0.4, -0.2) is 21.0 Å². The minimum absolute atomic E-state index is 0.000591. The number of rotatable bonds is 2. The molecule has 6 heteroatoms. The van der Waals surface area contributed by atoms with Crippen molar-refractivity contribution in [3.63, 3.8) is 0 Å². The van der Waals surface area contributed by atoms with Gasteiger partial charge in [-0.1, -0.05) is 46.3 Å². The Morgan fingerprint density at radius 2 is 2.16 bits per heavy atom. The van der Waals surface area contributed by atoms with E-state index in [9.17, 15) is 4.79 Å². The molecule has 0 amide bonds. The van der Waals surface area contributed by atoms with Crippen LogP contribution in [0.3, 0.4) is 0 Å². The van der Waals surface area contributed by atoms with Gasteiger partial charge in [0, 0.05) is 5.33 Å². The lowest BCUT2D eigenvalue weighted by molar-refractivity contribution is 0.261. The van der Waals surface area contributed by atoms with E-state index in [4.69, 9.17) is 17.0 Å². The van der Waals surface area contributed by atoms with Crippen LogP contribution in [0.2, 0.25) is 0 Å². The zero-order chi connectivity index (χ0) is 13.4. The number of ether oxygens (including phenoxy) is 1. The fourth-order valence-electron chi connectivity index (χ4n) is 2.18. The van der Waals surface area contributed by atoms with Crippen molar-refractivity contribution < 1.29 is 4.74 Å². The molecule has 1 aromatic carbocycles. The van der Waals surface area contributed by atoms with E-state index < -0.39 is 0 Å². The highest BCUT2D eigenvalue weighted by Crippen LogP contribution is 2.31. The Morgan fingerprint density at radius 3 is 2.84 bits per heavy atom. The largest absolute Gasteiger partial charge is 0.472 e. The molecule has 98 valence electrons. The summed E-state index contributed by atoms with van der Waals surface area (Å²) < 4.78 is 8.08. The number of nitrogens with zero attached hydrogens (tertiary/aromatic N) is 1. The van der Waals surface area contributed by atoms with Crippen LogP contribution >= 0.6 is 28.1 Å². The van der Waals surface area contributed by atoms with Crippen molar-refractivity contribution in [1.82, 2.24) is 9.55 Å². The maximum Gasteiger partial charge on any atom is 0.263 e. The van der Waals surface area contributed by atoms with E-state index in [0.29, 0.717) is 28.1 Å². The molecule has 1 aliphatic rings. The van der Waals surface area contributed by atoms with Crippen LogP contribution in [0.15, 0.2) is 35.1 Å². The summed E-state index contributed by atoms with van der Waals surface area (Å²) in [4.78, 5) is 14.9. The van der Waals surface area contributed by atoms with Crippen molar-refractivity contribution in [2.24, 2.45) is 0 Å². The van der Waals surface area contributed by atoms with Crippen LogP contribution in [0.4, 0.5) is 0 Å². The Bertz CT molecular complexity index is 724. The van der Waals surface area contributed by atoms with Crippen LogP contribution in [0.25, 0.3) is 11.1 Å².